The summed E-state index contributed by atoms with van der Waals surface area (Å²) in [5.74, 6) is 0. The van der Waals surface area contributed by atoms with Crippen molar-refractivity contribution in [1.82, 2.24) is 10.4 Å². The summed E-state index contributed by atoms with van der Waals surface area (Å²) in [7, 11) is 0. The first kappa shape index (κ1) is 16.0. The molecule has 0 aromatic heterocycles. The van der Waals surface area contributed by atoms with Crippen LogP contribution >= 0.6 is 34.8 Å². The van der Waals surface area contributed by atoms with Gasteiger partial charge in [0.05, 0.1) is 0 Å². The van der Waals surface area contributed by atoms with E-state index in [-0.39, 0.29) is 6.54 Å². The SMILES string of the molecule is O=C[N+](Cc1ccccc1)NC(=O)OCC(Cl)(Cl)Cl. The lowest BCUT2D eigenvalue weighted by molar-refractivity contribution is -0.115. The zero-order chi connectivity index (χ0) is 14.3. The van der Waals surface area contributed by atoms with Crippen LogP contribution in [0.4, 0.5) is 4.79 Å². The van der Waals surface area contributed by atoms with Crippen LogP contribution in [0.15, 0.2) is 30.3 Å². The lowest BCUT2D eigenvalue weighted by Crippen LogP contribution is -2.46. The van der Waals surface area contributed by atoms with Crippen LogP contribution in [0.3, 0.4) is 0 Å². The summed E-state index contributed by atoms with van der Waals surface area (Å²) in [5, 5.41) is 1.02. The van der Waals surface area contributed by atoms with Gasteiger partial charge >= 0.3 is 12.5 Å². The van der Waals surface area contributed by atoms with Gasteiger partial charge in [-0.2, -0.15) is 0 Å². The maximum absolute atomic E-state index is 11.3. The average Bonchev–Trinajstić information content (AvgIpc) is 2.36. The van der Waals surface area contributed by atoms with Crippen LogP contribution in [-0.4, -0.2) is 22.9 Å². The normalized spacial score (nSPS) is 11.2. The van der Waals surface area contributed by atoms with Crippen molar-refractivity contribution in [3.8, 4) is 0 Å². The molecule has 0 atom stereocenters. The Balaban J connectivity index is 2.44. The number of halogens is 3. The predicted molar refractivity (Wildman–Crippen MR) is 73.1 cm³/mol. The molecule has 1 rings (SSSR count). The lowest BCUT2D eigenvalue weighted by atomic mass is 10.2. The number of benzene rings is 1. The number of carbonyl (C=O) groups excluding carboxylic acids is 2. The maximum atomic E-state index is 11.3. The molecule has 0 saturated carbocycles. The van der Waals surface area contributed by atoms with Crippen molar-refractivity contribution in [2.24, 2.45) is 0 Å². The van der Waals surface area contributed by atoms with E-state index >= 15 is 0 Å². The van der Waals surface area contributed by atoms with Gasteiger partial charge in [0.2, 0.25) is 3.79 Å². The maximum Gasteiger partial charge on any atom is 0.457 e. The third-order valence-electron chi connectivity index (χ3n) is 1.92. The fourth-order valence-corrected chi connectivity index (χ4v) is 1.34. The molecule has 1 aromatic rings. The van der Waals surface area contributed by atoms with Gasteiger partial charge in [0.25, 0.3) is 0 Å². The van der Waals surface area contributed by atoms with E-state index in [4.69, 9.17) is 34.8 Å². The second-order valence-electron chi connectivity index (χ2n) is 3.52. The van der Waals surface area contributed by atoms with Crippen LogP contribution < -0.4 is 10.4 Å². The van der Waals surface area contributed by atoms with Gasteiger partial charge in [-0.05, 0) is 0 Å². The minimum atomic E-state index is -1.69. The third-order valence-corrected chi connectivity index (χ3v) is 2.25. The van der Waals surface area contributed by atoms with Gasteiger partial charge in [-0.25, -0.2) is 9.59 Å². The molecule has 103 valence electrons. The molecule has 1 aromatic carbocycles. The van der Waals surface area contributed by atoms with Gasteiger partial charge in [0, 0.05) is 10.6 Å². The second kappa shape index (κ2) is 7.55. The summed E-state index contributed by atoms with van der Waals surface area (Å²) in [6.45, 7) is -0.214. The molecule has 2 amide bonds. The molecule has 5 nitrogen and oxygen atoms in total. The number of nitrogens with zero attached hydrogens (tertiary/aromatic N) is 1. The Morgan fingerprint density at radius 3 is 2.47 bits per heavy atom. The highest BCUT2D eigenvalue weighted by Crippen LogP contribution is 2.25. The van der Waals surface area contributed by atoms with Crippen LogP contribution in [0.25, 0.3) is 0 Å². The number of alkyl halides is 3. The van der Waals surface area contributed by atoms with Gasteiger partial charge in [-0.15, -0.1) is 5.43 Å². The molecule has 8 heteroatoms. The Morgan fingerprint density at radius 1 is 1.32 bits per heavy atom. The van der Waals surface area contributed by atoms with E-state index in [9.17, 15) is 9.59 Å². The quantitative estimate of drug-likeness (QED) is 0.391. The van der Waals surface area contributed by atoms with Crippen molar-refractivity contribution in [1.29, 1.82) is 0 Å². The van der Waals surface area contributed by atoms with Crippen molar-refractivity contribution < 1.29 is 14.3 Å². The van der Waals surface area contributed by atoms with E-state index in [2.05, 4.69) is 10.2 Å². The van der Waals surface area contributed by atoms with Crippen molar-refractivity contribution in [2.75, 3.05) is 6.61 Å². The molecule has 0 aliphatic rings. The molecule has 0 saturated heterocycles. The molecule has 0 bridgehead atoms. The number of ether oxygens (including phenoxy) is 1. The molecule has 19 heavy (non-hydrogen) atoms. The highest BCUT2D eigenvalue weighted by molar-refractivity contribution is 6.67. The summed E-state index contributed by atoms with van der Waals surface area (Å²) in [6, 6.07) is 9.10. The minimum Gasteiger partial charge on any atom is -0.442 e. The molecular formula is C11H11Cl3N2O3+. The Hall–Kier alpha value is -1.01. The Labute approximate surface area is 125 Å². The van der Waals surface area contributed by atoms with Crippen molar-refractivity contribution in [3.05, 3.63) is 35.9 Å². The molecule has 0 spiro atoms. The average molecular weight is 326 g/mol. The van der Waals surface area contributed by atoms with Gasteiger partial charge in [-0.3, -0.25) is 0 Å². The van der Waals surface area contributed by atoms with E-state index in [0.717, 1.165) is 10.6 Å². The number of amides is 2. The molecule has 1 N–H and O–H groups in total. The molecule has 0 fully saturated rings. The molecular weight excluding hydrogens is 314 g/mol. The van der Waals surface area contributed by atoms with Gasteiger partial charge in [0.15, 0.2) is 6.54 Å². The van der Waals surface area contributed by atoms with E-state index in [0.29, 0.717) is 6.41 Å². The van der Waals surface area contributed by atoms with Crippen LogP contribution in [0.1, 0.15) is 5.56 Å². The zero-order valence-electron chi connectivity index (χ0n) is 9.68. The largest absolute Gasteiger partial charge is 0.457 e. The second-order valence-corrected chi connectivity index (χ2v) is 6.04. The fourth-order valence-electron chi connectivity index (χ4n) is 1.18. The lowest BCUT2D eigenvalue weighted by Gasteiger charge is -2.11. The molecule has 0 unspecified atom stereocenters. The van der Waals surface area contributed by atoms with E-state index in [1.807, 2.05) is 30.3 Å². The number of rotatable bonds is 5. The Morgan fingerprint density at radius 2 is 1.95 bits per heavy atom. The van der Waals surface area contributed by atoms with Crippen molar-refractivity contribution in [3.63, 3.8) is 0 Å². The van der Waals surface area contributed by atoms with Crippen molar-refractivity contribution >= 4 is 47.3 Å². The molecule has 0 aliphatic heterocycles. The highest BCUT2D eigenvalue weighted by atomic mass is 35.6. The van der Waals surface area contributed by atoms with Gasteiger partial charge in [0.1, 0.15) is 6.61 Å². The number of carbonyl (C=O) groups is 2. The van der Waals surface area contributed by atoms with Crippen LogP contribution in [0.2, 0.25) is 0 Å². The smallest absolute Gasteiger partial charge is 0.442 e. The summed E-state index contributed by atoms with van der Waals surface area (Å²) >= 11 is 16.3. The zero-order valence-corrected chi connectivity index (χ0v) is 12.0. The number of nitrogens with one attached hydrogen (secondary N) is 1. The first-order valence-electron chi connectivity index (χ1n) is 5.17. The third kappa shape index (κ3) is 7.22. The first-order valence-corrected chi connectivity index (χ1v) is 6.30. The van der Waals surface area contributed by atoms with Gasteiger partial charge < -0.3 is 4.74 Å². The Bertz CT molecular complexity index is 423. The summed E-state index contributed by atoms with van der Waals surface area (Å²) in [6.07, 6.45) is -0.418. The topological polar surface area (TPSA) is 61.3 Å². The first-order chi connectivity index (χ1) is 8.90. The summed E-state index contributed by atoms with van der Waals surface area (Å²) in [5.41, 5.74) is 3.06. The van der Waals surface area contributed by atoms with E-state index in [1.54, 1.807) is 0 Å². The van der Waals surface area contributed by atoms with E-state index < -0.39 is 16.5 Å². The van der Waals surface area contributed by atoms with Crippen LogP contribution in [0, 0.1) is 0 Å². The number of hydrogen-bond acceptors (Lipinski definition) is 3. The molecule has 0 aliphatic carbocycles. The Kier molecular flexibility index (Phi) is 6.37. The van der Waals surface area contributed by atoms with E-state index in [1.165, 1.54) is 0 Å². The van der Waals surface area contributed by atoms with Crippen LogP contribution in [0.5, 0.6) is 0 Å². The number of hydrazine groups is 1. The van der Waals surface area contributed by atoms with Crippen molar-refractivity contribution in [2.45, 2.75) is 10.3 Å². The van der Waals surface area contributed by atoms with Gasteiger partial charge in [-0.1, -0.05) is 65.1 Å². The molecule has 1 radical (unpaired) electrons. The standard InChI is InChI=1S/C11H11Cl3N2O3/c12-11(13,14)7-19-10(18)15-16(8-17)6-9-4-2-1-3-5-9/h1-5,8H,6-7H2,(H,15,18)/q+1. The molecule has 0 heterocycles. The fraction of sp³-hybridized carbons (Fsp3) is 0.273. The number of hydrogen-bond donors (Lipinski definition) is 1. The summed E-state index contributed by atoms with van der Waals surface area (Å²) in [4.78, 5) is 22.2. The summed E-state index contributed by atoms with van der Waals surface area (Å²) < 4.78 is 2.94. The van der Waals surface area contributed by atoms with Crippen LogP contribution in [-0.2, 0) is 16.1 Å². The predicted octanol–water partition coefficient (Wildman–Crippen LogP) is 2.49. The minimum absolute atomic E-state index is 0.202. The monoisotopic (exact) mass is 324 g/mol. The highest BCUT2D eigenvalue weighted by Gasteiger charge is 2.25.